The summed E-state index contributed by atoms with van der Waals surface area (Å²) in [6.45, 7) is 8.40. The summed E-state index contributed by atoms with van der Waals surface area (Å²) < 4.78 is 31.4. The van der Waals surface area contributed by atoms with Gasteiger partial charge in [-0.2, -0.15) is 0 Å². The van der Waals surface area contributed by atoms with Crippen LogP contribution in [0.1, 0.15) is 13.8 Å². The maximum absolute atomic E-state index is 11.8. The van der Waals surface area contributed by atoms with E-state index in [4.69, 9.17) is 4.74 Å². The summed E-state index contributed by atoms with van der Waals surface area (Å²) in [6, 6.07) is 6.37. The summed E-state index contributed by atoms with van der Waals surface area (Å²) in [5.41, 5.74) is 0. The molecule has 0 aliphatic rings. The van der Waals surface area contributed by atoms with Crippen molar-refractivity contribution >= 4 is 10.0 Å². The van der Waals surface area contributed by atoms with Crippen LogP contribution in [-0.2, 0) is 10.0 Å². The molecule has 0 aliphatic heterocycles. The van der Waals surface area contributed by atoms with Crippen LogP contribution in [-0.4, -0.2) is 21.6 Å². The van der Waals surface area contributed by atoms with E-state index in [-0.39, 0.29) is 11.4 Å². The Bertz CT molecular complexity index is 477. The lowest BCUT2D eigenvalue weighted by molar-refractivity contribution is 0.271. The van der Waals surface area contributed by atoms with Crippen molar-refractivity contribution in [3.8, 4) is 5.75 Å². The second kappa shape index (κ2) is 6.56. The lowest BCUT2D eigenvalue weighted by atomic mass is 10.2. The van der Waals surface area contributed by atoms with E-state index < -0.39 is 10.0 Å². The van der Waals surface area contributed by atoms with Gasteiger partial charge in [-0.05, 0) is 30.2 Å². The van der Waals surface area contributed by atoms with Crippen LogP contribution in [0.4, 0.5) is 0 Å². The zero-order valence-electron chi connectivity index (χ0n) is 10.7. The van der Waals surface area contributed by atoms with E-state index in [1.54, 1.807) is 12.1 Å². The second-order valence-electron chi connectivity index (χ2n) is 4.32. The molecule has 100 valence electrons. The third kappa shape index (κ3) is 4.50. The number of hydrogen-bond acceptors (Lipinski definition) is 3. The quantitative estimate of drug-likeness (QED) is 0.772. The summed E-state index contributed by atoms with van der Waals surface area (Å²) in [4.78, 5) is 0.223. The number of rotatable bonds is 7. The Morgan fingerprint density at radius 3 is 2.44 bits per heavy atom. The lowest BCUT2D eigenvalue weighted by Crippen LogP contribution is -2.23. The molecule has 0 saturated heterocycles. The van der Waals surface area contributed by atoms with Gasteiger partial charge in [-0.25, -0.2) is 13.1 Å². The SMILES string of the molecule is C=CCNS(=O)(=O)c1ccc(OCC(C)C)cc1. The molecule has 0 aliphatic carbocycles. The van der Waals surface area contributed by atoms with E-state index in [1.165, 1.54) is 18.2 Å². The Kier molecular flexibility index (Phi) is 5.37. The first-order valence-electron chi connectivity index (χ1n) is 5.79. The second-order valence-corrected chi connectivity index (χ2v) is 6.08. The molecule has 0 amide bonds. The number of nitrogens with one attached hydrogen (secondary N) is 1. The smallest absolute Gasteiger partial charge is 0.240 e. The van der Waals surface area contributed by atoms with Gasteiger partial charge in [0.05, 0.1) is 11.5 Å². The molecular weight excluding hydrogens is 250 g/mol. The van der Waals surface area contributed by atoms with Crippen molar-refractivity contribution in [1.82, 2.24) is 4.72 Å². The van der Waals surface area contributed by atoms with Gasteiger partial charge in [0.2, 0.25) is 10.0 Å². The van der Waals surface area contributed by atoms with Crippen LogP contribution in [0.25, 0.3) is 0 Å². The van der Waals surface area contributed by atoms with Crippen molar-refractivity contribution in [3.05, 3.63) is 36.9 Å². The Labute approximate surface area is 109 Å². The number of ether oxygens (including phenoxy) is 1. The van der Waals surface area contributed by atoms with Crippen molar-refractivity contribution in [2.45, 2.75) is 18.7 Å². The molecule has 0 aromatic heterocycles. The molecule has 4 nitrogen and oxygen atoms in total. The van der Waals surface area contributed by atoms with Gasteiger partial charge in [-0.1, -0.05) is 19.9 Å². The van der Waals surface area contributed by atoms with Crippen LogP contribution in [0, 0.1) is 5.92 Å². The minimum atomic E-state index is -3.45. The summed E-state index contributed by atoms with van der Waals surface area (Å²) >= 11 is 0. The van der Waals surface area contributed by atoms with Gasteiger partial charge in [0.1, 0.15) is 5.75 Å². The van der Waals surface area contributed by atoms with E-state index in [1.807, 2.05) is 0 Å². The molecule has 1 aromatic carbocycles. The van der Waals surface area contributed by atoms with Crippen LogP contribution in [0.5, 0.6) is 5.75 Å². The van der Waals surface area contributed by atoms with Crippen LogP contribution in [0.15, 0.2) is 41.8 Å². The van der Waals surface area contributed by atoms with Gasteiger partial charge in [-0.3, -0.25) is 0 Å². The molecule has 1 aromatic rings. The average molecular weight is 269 g/mol. The van der Waals surface area contributed by atoms with E-state index in [0.29, 0.717) is 18.3 Å². The van der Waals surface area contributed by atoms with Crippen molar-refractivity contribution in [1.29, 1.82) is 0 Å². The van der Waals surface area contributed by atoms with E-state index in [9.17, 15) is 8.42 Å². The molecule has 1 N–H and O–H groups in total. The third-order valence-electron chi connectivity index (χ3n) is 2.14. The largest absolute Gasteiger partial charge is 0.493 e. The minimum absolute atomic E-state index is 0.216. The first-order valence-corrected chi connectivity index (χ1v) is 7.27. The van der Waals surface area contributed by atoms with Gasteiger partial charge in [0.25, 0.3) is 0 Å². The van der Waals surface area contributed by atoms with Gasteiger partial charge < -0.3 is 4.74 Å². The molecule has 18 heavy (non-hydrogen) atoms. The van der Waals surface area contributed by atoms with Crippen LogP contribution in [0.2, 0.25) is 0 Å². The maximum atomic E-state index is 11.8. The Balaban J connectivity index is 2.73. The molecule has 0 fully saturated rings. The predicted octanol–water partition coefficient (Wildman–Crippen LogP) is 2.19. The Morgan fingerprint density at radius 1 is 1.33 bits per heavy atom. The zero-order chi connectivity index (χ0) is 13.6. The van der Waals surface area contributed by atoms with Crippen molar-refractivity contribution in [3.63, 3.8) is 0 Å². The molecule has 0 unspecified atom stereocenters. The average Bonchev–Trinajstić information content (AvgIpc) is 2.34. The lowest BCUT2D eigenvalue weighted by Gasteiger charge is -2.09. The van der Waals surface area contributed by atoms with Gasteiger partial charge >= 0.3 is 0 Å². The third-order valence-corrected chi connectivity index (χ3v) is 3.57. The fourth-order valence-corrected chi connectivity index (χ4v) is 2.23. The van der Waals surface area contributed by atoms with E-state index in [2.05, 4.69) is 25.1 Å². The maximum Gasteiger partial charge on any atom is 0.240 e. The number of benzene rings is 1. The molecule has 0 bridgehead atoms. The Morgan fingerprint density at radius 2 is 1.94 bits per heavy atom. The normalized spacial score (nSPS) is 11.5. The highest BCUT2D eigenvalue weighted by Gasteiger charge is 2.12. The number of sulfonamides is 1. The van der Waals surface area contributed by atoms with Crippen molar-refractivity contribution < 1.29 is 13.2 Å². The molecule has 5 heteroatoms. The standard InChI is InChI=1S/C13H19NO3S/c1-4-9-14-18(15,16)13-7-5-12(6-8-13)17-10-11(2)3/h4-8,11,14H,1,9-10H2,2-3H3. The summed E-state index contributed by atoms with van der Waals surface area (Å²) in [6.07, 6.45) is 1.50. The minimum Gasteiger partial charge on any atom is -0.493 e. The molecular formula is C13H19NO3S. The van der Waals surface area contributed by atoms with E-state index in [0.717, 1.165) is 0 Å². The van der Waals surface area contributed by atoms with Crippen molar-refractivity contribution in [2.24, 2.45) is 5.92 Å². The summed E-state index contributed by atoms with van der Waals surface area (Å²) in [7, 11) is -3.45. The topological polar surface area (TPSA) is 55.4 Å². The fraction of sp³-hybridized carbons (Fsp3) is 0.385. The first kappa shape index (κ1) is 14.7. The van der Waals surface area contributed by atoms with Crippen LogP contribution in [0.3, 0.4) is 0 Å². The van der Waals surface area contributed by atoms with Gasteiger partial charge in [-0.15, -0.1) is 6.58 Å². The molecule has 0 spiro atoms. The van der Waals surface area contributed by atoms with Crippen molar-refractivity contribution in [2.75, 3.05) is 13.2 Å². The first-order chi connectivity index (χ1) is 8.45. The highest BCUT2D eigenvalue weighted by Crippen LogP contribution is 2.16. The predicted molar refractivity (Wildman–Crippen MR) is 72.2 cm³/mol. The summed E-state index contributed by atoms with van der Waals surface area (Å²) in [5.74, 6) is 1.11. The monoisotopic (exact) mass is 269 g/mol. The Hall–Kier alpha value is -1.33. The van der Waals surface area contributed by atoms with Gasteiger partial charge in [0, 0.05) is 6.54 Å². The fourth-order valence-electron chi connectivity index (χ4n) is 1.23. The molecule has 0 atom stereocenters. The molecule has 0 radical (unpaired) electrons. The van der Waals surface area contributed by atoms with E-state index >= 15 is 0 Å². The highest BCUT2D eigenvalue weighted by atomic mass is 32.2. The molecule has 0 heterocycles. The molecule has 0 saturated carbocycles. The zero-order valence-corrected chi connectivity index (χ0v) is 11.5. The molecule has 1 rings (SSSR count). The number of hydrogen-bond donors (Lipinski definition) is 1. The van der Waals surface area contributed by atoms with Gasteiger partial charge in [0.15, 0.2) is 0 Å². The van der Waals surface area contributed by atoms with Crippen LogP contribution < -0.4 is 9.46 Å². The highest BCUT2D eigenvalue weighted by molar-refractivity contribution is 7.89. The van der Waals surface area contributed by atoms with Crippen LogP contribution >= 0.6 is 0 Å². The summed E-state index contributed by atoms with van der Waals surface area (Å²) in [5, 5.41) is 0.